The summed E-state index contributed by atoms with van der Waals surface area (Å²) >= 11 is 0. The summed E-state index contributed by atoms with van der Waals surface area (Å²) in [6.07, 6.45) is -0.794. The monoisotopic (exact) mass is 279 g/mol. The summed E-state index contributed by atoms with van der Waals surface area (Å²) in [5.41, 5.74) is 0.794. The number of carbonyl (C=O) groups excluding carboxylic acids is 1. The normalized spacial score (nSPS) is 17.1. The van der Waals surface area contributed by atoms with Crippen molar-refractivity contribution >= 4 is 5.91 Å². The quantitative estimate of drug-likeness (QED) is 0.837. The second-order valence-electron chi connectivity index (χ2n) is 5.53. The van der Waals surface area contributed by atoms with Gasteiger partial charge in [-0.05, 0) is 25.8 Å². The molecule has 4 heteroatoms. The van der Waals surface area contributed by atoms with Crippen LogP contribution in [0.3, 0.4) is 0 Å². The Labute approximate surface area is 121 Å². The minimum atomic E-state index is -0.719. The van der Waals surface area contributed by atoms with Crippen LogP contribution in [0.2, 0.25) is 0 Å². The first-order valence-corrected chi connectivity index (χ1v) is 7.02. The van der Waals surface area contributed by atoms with E-state index in [1.165, 1.54) is 0 Å². The molecule has 0 spiro atoms. The highest BCUT2D eigenvalue weighted by atomic mass is 16.3. The standard InChI is InChI=1S/C16H25NO3/c1-11(10-12(2)18)16(20)17(4)13(3)15(19)14-8-6-5-7-9-14/h5-9,11-13,15,18-19H,10H2,1-4H3/t11-,12-,13+,15-/m1/s1. The van der Waals surface area contributed by atoms with Gasteiger partial charge in [0.15, 0.2) is 0 Å². The third-order valence-electron chi connectivity index (χ3n) is 3.67. The largest absolute Gasteiger partial charge is 0.393 e. The maximum absolute atomic E-state index is 12.3. The molecule has 20 heavy (non-hydrogen) atoms. The number of benzene rings is 1. The molecule has 0 aliphatic rings. The molecule has 1 amide bonds. The molecule has 0 saturated heterocycles. The molecule has 0 heterocycles. The van der Waals surface area contributed by atoms with Gasteiger partial charge in [-0.15, -0.1) is 0 Å². The number of likely N-dealkylation sites (N-methyl/N-ethyl adjacent to an activating group) is 1. The molecule has 1 aromatic rings. The smallest absolute Gasteiger partial charge is 0.225 e. The summed E-state index contributed by atoms with van der Waals surface area (Å²) in [6.45, 7) is 5.30. The molecule has 0 aliphatic heterocycles. The number of aliphatic hydroxyl groups excluding tert-OH is 2. The lowest BCUT2D eigenvalue weighted by Crippen LogP contribution is -2.42. The zero-order chi connectivity index (χ0) is 15.3. The van der Waals surface area contributed by atoms with Crippen molar-refractivity contribution in [1.29, 1.82) is 0 Å². The second-order valence-corrected chi connectivity index (χ2v) is 5.53. The Morgan fingerprint density at radius 1 is 1.15 bits per heavy atom. The van der Waals surface area contributed by atoms with Gasteiger partial charge < -0.3 is 15.1 Å². The fourth-order valence-corrected chi connectivity index (χ4v) is 2.30. The number of hydrogen-bond donors (Lipinski definition) is 2. The Balaban J connectivity index is 2.71. The zero-order valence-electron chi connectivity index (χ0n) is 12.7. The molecule has 1 aromatic carbocycles. The molecule has 2 N–H and O–H groups in total. The lowest BCUT2D eigenvalue weighted by atomic mass is 9.99. The van der Waals surface area contributed by atoms with E-state index in [-0.39, 0.29) is 17.9 Å². The van der Waals surface area contributed by atoms with Crippen LogP contribution in [0.5, 0.6) is 0 Å². The molecule has 1 rings (SSSR count). The van der Waals surface area contributed by atoms with Gasteiger partial charge in [-0.1, -0.05) is 37.3 Å². The van der Waals surface area contributed by atoms with Gasteiger partial charge >= 0.3 is 0 Å². The Kier molecular flexibility index (Phi) is 6.17. The minimum Gasteiger partial charge on any atom is -0.393 e. The number of rotatable bonds is 6. The third kappa shape index (κ3) is 4.32. The van der Waals surface area contributed by atoms with Crippen LogP contribution in [-0.2, 0) is 4.79 Å². The lowest BCUT2D eigenvalue weighted by Gasteiger charge is -2.31. The van der Waals surface area contributed by atoms with Crippen molar-refractivity contribution in [3.63, 3.8) is 0 Å². The van der Waals surface area contributed by atoms with E-state index in [0.717, 1.165) is 5.56 Å². The number of amides is 1. The van der Waals surface area contributed by atoms with Gasteiger partial charge in [0.05, 0.1) is 18.2 Å². The number of hydrogen-bond acceptors (Lipinski definition) is 3. The highest BCUT2D eigenvalue weighted by Gasteiger charge is 2.27. The molecule has 0 unspecified atom stereocenters. The van der Waals surface area contributed by atoms with Gasteiger partial charge in [0.2, 0.25) is 5.91 Å². The summed E-state index contributed by atoms with van der Waals surface area (Å²) in [7, 11) is 1.69. The zero-order valence-corrected chi connectivity index (χ0v) is 12.7. The van der Waals surface area contributed by atoms with Crippen LogP contribution in [0.1, 0.15) is 38.9 Å². The summed E-state index contributed by atoms with van der Waals surface area (Å²) in [5.74, 6) is -0.321. The van der Waals surface area contributed by atoms with E-state index in [1.807, 2.05) is 37.3 Å². The van der Waals surface area contributed by atoms with E-state index in [4.69, 9.17) is 0 Å². The van der Waals surface area contributed by atoms with Gasteiger partial charge in [-0.3, -0.25) is 4.79 Å². The Bertz CT molecular complexity index is 419. The Morgan fingerprint density at radius 3 is 2.20 bits per heavy atom. The van der Waals surface area contributed by atoms with Crippen LogP contribution in [-0.4, -0.2) is 40.2 Å². The minimum absolute atomic E-state index is 0.0617. The van der Waals surface area contributed by atoms with Gasteiger partial charge in [0.25, 0.3) is 0 Å². The molecule has 0 saturated carbocycles. The maximum Gasteiger partial charge on any atom is 0.225 e. The number of carbonyl (C=O) groups is 1. The average Bonchev–Trinajstić information content (AvgIpc) is 2.44. The molecular weight excluding hydrogens is 254 g/mol. The average molecular weight is 279 g/mol. The van der Waals surface area contributed by atoms with Crippen LogP contribution < -0.4 is 0 Å². The number of aliphatic hydroxyl groups is 2. The summed E-state index contributed by atoms with van der Waals surface area (Å²) < 4.78 is 0. The second kappa shape index (κ2) is 7.41. The van der Waals surface area contributed by atoms with Gasteiger partial charge in [0, 0.05) is 13.0 Å². The predicted octanol–water partition coefficient (Wildman–Crippen LogP) is 1.97. The third-order valence-corrected chi connectivity index (χ3v) is 3.67. The molecule has 0 radical (unpaired) electrons. The van der Waals surface area contributed by atoms with E-state index < -0.39 is 12.2 Å². The highest BCUT2D eigenvalue weighted by molar-refractivity contribution is 5.78. The summed E-state index contributed by atoms with van der Waals surface area (Å²) in [4.78, 5) is 13.8. The van der Waals surface area contributed by atoms with Crippen LogP contribution in [0, 0.1) is 5.92 Å². The first-order valence-electron chi connectivity index (χ1n) is 7.02. The Morgan fingerprint density at radius 2 is 1.70 bits per heavy atom. The van der Waals surface area contributed by atoms with Crippen molar-refractivity contribution in [2.75, 3.05) is 7.05 Å². The lowest BCUT2D eigenvalue weighted by molar-refractivity contribution is -0.138. The van der Waals surface area contributed by atoms with Gasteiger partial charge in [-0.2, -0.15) is 0 Å². The topological polar surface area (TPSA) is 60.8 Å². The van der Waals surface area contributed by atoms with Gasteiger partial charge in [-0.25, -0.2) is 0 Å². The van der Waals surface area contributed by atoms with Crippen molar-refractivity contribution in [2.24, 2.45) is 5.92 Å². The van der Waals surface area contributed by atoms with Crippen molar-refractivity contribution in [1.82, 2.24) is 4.90 Å². The van der Waals surface area contributed by atoms with Crippen LogP contribution in [0.15, 0.2) is 30.3 Å². The molecule has 0 aromatic heterocycles. The van der Waals surface area contributed by atoms with Crippen LogP contribution >= 0.6 is 0 Å². The molecule has 4 atom stereocenters. The number of nitrogens with zero attached hydrogens (tertiary/aromatic N) is 1. The molecule has 4 nitrogen and oxygen atoms in total. The molecule has 112 valence electrons. The SMILES string of the molecule is C[C@H](C[C@@H](C)O)C(=O)N(C)[C@@H](C)[C@@H](O)c1ccccc1. The van der Waals surface area contributed by atoms with Crippen molar-refractivity contribution < 1.29 is 15.0 Å². The van der Waals surface area contributed by atoms with Crippen LogP contribution in [0.4, 0.5) is 0 Å². The maximum atomic E-state index is 12.3. The van der Waals surface area contributed by atoms with E-state index in [2.05, 4.69) is 0 Å². The summed E-state index contributed by atoms with van der Waals surface area (Å²) in [5, 5.41) is 19.7. The van der Waals surface area contributed by atoms with E-state index in [1.54, 1.807) is 25.8 Å². The molecule has 0 aliphatic carbocycles. The highest BCUT2D eigenvalue weighted by Crippen LogP contribution is 2.21. The van der Waals surface area contributed by atoms with Crippen molar-refractivity contribution in [2.45, 2.75) is 45.4 Å². The van der Waals surface area contributed by atoms with E-state index in [0.29, 0.717) is 6.42 Å². The van der Waals surface area contributed by atoms with Gasteiger partial charge in [0.1, 0.15) is 0 Å². The first-order chi connectivity index (χ1) is 9.34. The van der Waals surface area contributed by atoms with Crippen molar-refractivity contribution in [3.8, 4) is 0 Å². The van der Waals surface area contributed by atoms with E-state index in [9.17, 15) is 15.0 Å². The Hall–Kier alpha value is -1.39. The fraction of sp³-hybridized carbons (Fsp3) is 0.562. The summed E-state index contributed by atoms with van der Waals surface area (Å²) in [6, 6.07) is 8.99. The molecule has 0 fully saturated rings. The van der Waals surface area contributed by atoms with E-state index >= 15 is 0 Å². The fourth-order valence-electron chi connectivity index (χ4n) is 2.30. The molecule has 0 bridgehead atoms. The molecular formula is C16H25NO3. The first kappa shape index (κ1) is 16.7. The van der Waals surface area contributed by atoms with Crippen molar-refractivity contribution in [3.05, 3.63) is 35.9 Å². The van der Waals surface area contributed by atoms with Crippen LogP contribution in [0.25, 0.3) is 0 Å². The predicted molar refractivity (Wildman–Crippen MR) is 79.1 cm³/mol.